The molecule has 1 atom stereocenters. The maximum absolute atomic E-state index is 13.9. The zero-order valence-electron chi connectivity index (χ0n) is 24.1. The van der Waals surface area contributed by atoms with Crippen molar-refractivity contribution < 1.29 is 19.0 Å². The molecule has 9 heteroatoms. The first-order valence-corrected chi connectivity index (χ1v) is 15.4. The summed E-state index contributed by atoms with van der Waals surface area (Å²) in [6.07, 6.45) is 1.83. The lowest BCUT2D eigenvalue weighted by Crippen LogP contribution is -2.39. The molecule has 0 fully saturated rings. The smallest absolute Gasteiger partial charge is 0.338 e. The van der Waals surface area contributed by atoms with Gasteiger partial charge in [-0.05, 0) is 85.2 Å². The van der Waals surface area contributed by atoms with Crippen molar-refractivity contribution in [1.82, 2.24) is 4.57 Å². The maximum atomic E-state index is 13.9. The fraction of sp³-hybridized carbons (Fsp3) is 0.242. The number of carbonyl (C=O) groups is 1. The summed E-state index contributed by atoms with van der Waals surface area (Å²) in [7, 11) is 1.60. The predicted octanol–water partition coefficient (Wildman–Crippen LogP) is 5.61. The molecule has 2 heterocycles. The van der Waals surface area contributed by atoms with E-state index in [0.717, 1.165) is 25.8 Å². The lowest BCUT2D eigenvalue weighted by Gasteiger charge is -2.24. The first kappa shape index (κ1) is 29.8. The third-order valence-corrected chi connectivity index (χ3v) is 8.71. The highest BCUT2D eigenvalue weighted by atomic mass is 127. The number of thiazole rings is 1. The summed E-state index contributed by atoms with van der Waals surface area (Å²) >= 11 is 3.51. The molecule has 1 aliphatic heterocycles. The van der Waals surface area contributed by atoms with E-state index in [4.69, 9.17) is 14.2 Å². The van der Waals surface area contributed by atoms with Gasteiger partial charge in [-0.25, -0.2) is 9.79 Å². The van der Waals surface area contributed by atoms with E-state index in [0.29, 0.717) is 38.7 Å². The van der Waals surface area contributed by atoms with Crippen LogP contribution in [0.2, 0.25) is 0 Å². The summed E-state index contributed by atoms with van der Waals surface area (Å²) in [5.74, 6) is 0.748. The van der Waals surface area contributed by atoms with E-state index >= 15 is 0 Å². The van der Waals surface area contributed by atoms with Gasteiger partial charge in [0.2, 0.25) is 0 Å². The molecule has 1 aliphatic rings. The van der Waals surface area contributed by atoms with Crippen LogP contribution in [0.4, 0.5) is 0 Å². The Bertz CT molecular complexity index is 1870. The van der Waals surface area contributed by atoms with Crippen molar-refractivity contribution in [3.8, 4) is 11.5 Å². The van der Waals surface area contributed by atoms with Crippen molar-refractivity contribution in [2.75, 3.05) is 13.7 Å². The molecule has 3 aromatic carbocycles. The van der Waals surface area contributed by atoms with Crippen molar-refractivity contribution in [1.29, 1.82) is 0 Å². The molecule has 216 valence electrons. The lowest BCUT2D eigenvalue weighted by molar-refractivity contribution is -0.139. The number of methoxy groups -OCH3 is 1. The van der Waals surface area contributed by atoms with Crippen LogP contribution in [-0.2, 0) is 16.1 Å². The molecule has 4 aromatic rings. The average molecular weight is 695 g/mol. The minimum atomic E-state index is -0.643. The normalized spacial score (nSPS) is 14.8. The number of aromatic nitrogens is 1. The van der Waals surface area contributed by atoms with Crippen molar-refractivity contribution in [3.63, 3.8) is 0 Å². The Balaban J connectivity index is 1.57. The highest BCUT2D eigenvalue weighted by molar-refractivity contribution is 14.1. The van der Waals surface area contributed by atoms with Gasteiger partial charge in [-0.1, -0.05) is 71.0 Å². The second kappa shape index (κ2) is 12.7. The van der Waals surface area contributed by atoms with Crippen LogP contribution in [-0.4, -0.2) is 24.3 Å². The van der Waals surface area contributed by atoms with Gasteiger partial charge in [-0.3, -0.25) is 9.36 Å². The highest BCUT2D eigenvalue weighted by Crippen LogP contribution is 2.35. The number of halogens is 1. The Kier molecular flexibility index (Phi) is 8.98. The molecular formula is C33H31IN2O5S. The summed E-state index contributed by atoms with van der Waals surface area (Å²) in [5.41, 5.74) is 5.60. The van der Waals surface area contributed by atoms with Gasteiger partial charge >= 0.3 is 5.97 Å². The minimum absolute atomic E-state index is 0.228. The van der Waals surface area contributed by atoms with E-state index in [1.54, 1.807) is 25.5 Å². The Morgan fingerprint density at radius 3 is 2.52 bits per heavy atom. The molecule has 0 unspecified atom stereocenters. The number of esters is 1. The zero-order chi connectivity index (χ0) is 30.0. The van der Waals surface area contributed by atoms with Gasteiger partial charge in [0.05, 0.1) is 39.1 Å². The van der Waals surface area contributed by atoms with E-state index in [2.05, 4.69) is 46.6 Å². The van der Waals surface area contributed by atoms with Gasteiger partial charge in [0.15, 0.2) is 16.3 Å². The Morgan fingerprint density at radius 1 is 1.07 bits per heavy atom. The fourth-order valence-corrected chi connectivity index (χ4v) is 6.76. The first-order valence-electron chi connectivity index (χ1n) is 13.5. The number of allylic oxidation sites excluding steroid dienone is 1. The number of aryl methyl sites for hydroxylation is 2. The maximum Gasteiger partial charge on any atom is 0.338 e. The van der Waals surface area contributed by atoms with E-state index in [9.17, 15) is 9.59 Å². The number of fused-ring (bicyclic) bond motifs is 1. The van der Waals surface area contributed by atoms with E-state index in [1.165, 1.54) is 16.9 Å². The predicted molar refractivity (Wildman–Crippen MR) is 173 cm³/mol. The third-order valence-electron chi connectivity index (χ3n) is 6.93. The van der Waals surface area contributed by atoms with Crippen LogP contribution in [0, 0.1) is 17.4 Å². The number of ether oxygens (including phenoxy) is 3. The second-order valence-corrected chi connectivity index (χ2v) is 12.2. The van der Waals surface area contributed by atoms with Crippen LogP contribution in [0.25, 0.3) is 6.08 Å². The number of nitrogens with zero attached hydrogens (tertiary/aromatic N) is 2. The molecule has 1 aromatic heterocycles. The number of carbonyl (C=O) groups excluding carboxylic acids is 1. The molecular weight excluding hydrogens is 663 g/mol. The summed E-state index contributed by atoms with van der Waals surface area (Å²) in [6, 6.07) is 19.2. The fourth-order valence-electron chi connectivity index (χ4n) is 4.93. The Hall–Kier alpha value is -3.70. The number of hydrogen-bond donors (Lipinski definition) is 0. The Labute approximate surface area is 261 Å². The van der Waals surface area contributed by atoms with Crippen LogP contribution in [0.1, 0.15) is 47.7 Å². The molecule has 7 nitrogen and oxygen atoms in total. The standard InChI is InChI=1S/C33H31IN2O5S/c1-6-40-32(38)28-21(4)35-33-36(29(28)24-12-10-19(2)11-13-24)31(37)27(42-33)17-23-15-25(34)30(26(16-23)39-5)41-18-22-9-7-8-20(3)14-22/h7-17,29H,6,18H2,1-5H3/b27-17+/t29-/m0/s1. The summed E-state index contributed by atoms with van der Waals surface area (Å²) < 4.78 is 20.2. The van der Waals surface area contributed by atoms with Crippen LogP contribution in [0.3, 0.4) is 0 Å². The van der Waals surface area contributed by atoms with E-state index < -0.39 is 12.0 Å². The topological polar surface area (TPSA) is 79.1 Å². The van der Waals surface area contributed by atoms with Gasteiger partial charge in [-0.15, -0.1) is 0 Å². The molecule has 0 spiro atoms. The molecule has 0 aliphatic carbocycles. The zero-order valence-corrected chi connectivity index (χ0v) is 27.0. The monoisotopic (exact) mass is 694 g/mol. The largest absolute Gasteiger partial charge is 0.493 e. The van der Waals surface area contributed by atoms with E-state index in [1.807, 2.05) is 61.5 Å². The summed E-state index contributed by atoms with van der Waals surface area (Å²) in [5, 5.41) is 0. The second-order valence-electron chi connectivity index (χ2n) is 10.0. The number of hydrogen-bond acceptors (Lipinski definition) is 7. The minimum Gasteiger partial charge on any atom is -0.493 e. The van der Waals surface area contributed by atoms with E-state index in [-0.39, 0.29) is 12.2 Å². The van der Waals surface area contributed by atoms with Gasteiger partial charge in [0, 0.05) is 0 Å². The molecule has 0 amide bonds. The van der Waals surface area contributed by atoms with Gasteiger partial charge in [0.1, 0.15) is 6.61 Å². The SMILES string of the molecule is CCOC(=O)C1=C(C)N=c2s/c(=C/c3cc(I)c(OCc4cccc(C)c4)c(OC)c3)c(=O)n2[C@H]1c1ccc(C)cc1. The van der Waals surface area contributed by atoms with Gasteiger partial charge in [0.25, 0.3) is 5.56 Å². The molecule has 42 heavy (non-hydrogen) atoms. The van der Waals surface area contributed by atoms with Gasteiger partial charge in [-0.2, -0.15) is 0 Å². The number of benzene rings is 3. The molecule has 0 radical (unpaired) electrons. The third kappa shape index (κ3) is 6.07. The molecule has 0 saturated carbocycles. The lowest BCUT2D eigenvalue weighted by atomic mass is 9.95. The first-order chi connectivity index (χ1) is 20.2. The molecule has 0 bridgehead atoms. The van der Waals surface area contributed by atoms with Crippen molar-refractivity contribution >= 4 is 46.0 Å². The molecule has 0 N–H and O–H groups in total. The van der Waals surface area contributed by atoms with Gasteiger partial charge < -0.3 is 14.2 Å². The number of rotatable bonds is 8. The molecule has 0 saturated heterocycles. The Morgan fingerprint density at radius 2 is 1.83 bits per heavy atom. The molecule has 5 rings (SSSR count). The summed E-state index contributed by atoms with van der Waals surface area (Å²) in [4.78, 5) is 32.2. The van der Waals surface area contributed by atoms with Crippen LogP contribution in [0.5, 0.6) is 11.5 Å². The van der Waals surface area contributed by atoms with Crippen molar-refractivity contribution in [2.24, 2.45) is 4.99 Å². The summed E-state index contributed by atoms with van der Waals surface area (Å²) in [6.45, 7) is 8.23. The average Bonchev–Trinajstić information content (AvgIpc) is 3.26. The quantitative estimate of drug-likeness (QED) is 0.177. The van der Waals surface area contributed by atoms with Crippen molar-refractivity contribution in [3.05, 3.63) is 123 Å². The van der Waals surface area contributed by atoms with Crippen molar-refractivity contribution in [2.45, 2.75) is 40.3 Å². The van der Waals surface area contributed by atoms with Crippen LogP contribution in [0.15, 0.2) is 81.7 Å². The highest BCUT2D eigenvalue weighted by Gasteiger charge is 2.33. The van der Waals surface area contributed by atoms with Crippen LogP contribution < -0.4 is 24.4 Å². The van der Waals surface area contributed by atoms with Crippen LogP contribution >= 0.6 is 33.9 Å².